The minimum absolute atomic E-state index is 0.0508. The summed E-state index contributed by atoms with van der Waals surface area (Å²) in [4.78, 5) is 13.8. The minimum atomic E-state index is -0.691. The third-order valence-corrected chi connectivity index (χ3v) is 3.73. The lowest BCUT2D eigenvalue weighted by Crippen LogP contribution is -2.51. The standard InChI is InChI=1S/C15H23NO2.C6H6.4C2H6/c1-5-7-13(8-6-2)16-11-12(14(16)17)9-10-15(3,4)18;1-2-4-6-5-3-1;4*1-2/h5-8,12,18H,1,9-11H2,2-4H3;1-6H;4*1-2H3/b8-6-,13-7+;;;;;. The Bertz CT molecular complexity index is 542. The highest BCUT2D eigenvalue weighted by Crippen LogP contribution is 2.29. The van der Waals surface area contributed by atoms with E-state index in [2.05, 4.69) is 6.58 Å². The summed E-state index contributed by atoms with van der Waals surface area (Å²) in [5.74, 6) is 0.195. The topological polar surface area (TPSA) is 40.5 Å². The van der Waals surface area contributed by atoms with Crippen LogP contribution in [0, 0.1) is 5.92 Å². The van der Waals surface area contributed by atoms with E-state index in [1.807, 2.05) is 117 Å². The number of carbonyl (C=O) groups is 1. The van der Waals surface area contributed by atoms with Gasteiger partial charge in [0, 0.05) is 12.2 Å². The summed E-state index contributed by atoms with van der Waals surface area (Å²) in [6.45, 7) is 25.9. The highest BCUT2D eigenvalue weighted by Gasteiger charge is 2.38. The van der Waals surface area contributed by atoms with Gasteiger partial charge in [-0.3, -0.25) is 4.79 Å². The zero-order valence-corrected chi connectivity index (χ0v) is 23.0. The maximum Gasteiger partial charge on any atom is 0.231 e. The van der Waals surface area contributed by atoms with Crippen molar-refractivity contribution in [2.24, 2.45) is 5.92 Å². The van der Waals surface area contributed by atoms with Gasteiger partial charge in [-0.15, -0.1) is 0 Å². The molecule has 1 amide bonds. The first kappa shape index (κ1) is 37.2. The zero-order chi connectivity index (χ0) is 26.0. The van der Waals surface area contributed by atoms with E-state index in [0.717, 1.165) is 18.7 Å². The van der Waals surface area contributed by atoms with Crippen LogP contribution in [-0.4, -0.2) is 28.1 Å². The molecule has 3 nitrogen and oxygen atoms in total. The Morgan fingerprint density at radius 1 is 1.00 bits per heavy atom. The number of aliphatic hydroxyl groups is 1. The van der Waals surface area contributed by atoms with E-state index < -0.39 is 5.60 Å². The lowest BCUT2D eigenvalue weighted by Gasteiger charge is -2.40. The maximum absolute atomic E-state index is 12.0. The van der Waals surface area contributed by atoms with Gasteiger partial charge in [-0.05, 0) is 45.8 Å². The van der Waals surface area contributed by atoms with Crippen LogP contribution in [0.25, 0.3) is 0 Å². The molecule has 32 heavy (non-hydrogen) atoms. The van der Waals surface area contributed by atoms with Gasteiger partial charge in [0.25, 0.3) is 0 Å². The third kappa shape index (κ3) is 19.8. The van der Waals surface area contributed by atoms with Crippen LogP contribution >= 0.6 is 0 Å². The van der Waals surface area contributed by atoms with Gasteiger partial charge in [0.1, 0.15) is 0 Å². The summed E-state index contributed by atoms with van der Waals surface area (Å²) in [7, 11) is 0. The molecule has 1 unspecified atom stereocenters. The van der Waals surface area contributed by atoms with Gasteiger partial charge >= 0.3 is 0 Å². The third-order valence-electron chi connectivity index (χ3n) is 3.73. The van der Waals surface area contributed by atoms with Gasteiger partial charge in [0.2, 0.25) is 5.91 Å². The molecule has 0 spiro atoms. The van der Waals surface area contributed by atoms with Gasteiger partial charge in [0.05, 0.1) is 11.5 Å². The second kappa shape index (κ2) is 26.9. The molecule has 186 valence electrons. The Morgan fingerprint density at radius 3 is 1.69 bits per heavy atom. The number of benzene rings is 1. The smallest absolute Gasteiger partial charge is 0.231 e. The van der Waals surface area contributed by atoms with Gasteiger partial charge in [-0.2, -0.15) is 0 Å². The number of allylic oxidation sites excluding steroid dienone is 4. The maximum atomic E-state index is 12.0. The van der Waals surface area contributed by atoms with Gasteiger partial charge < -0.3 is 10.0 Å². The van der Waals surface area contributed by atoms with Gasteiger partial charge in [-0.25, -0.2) is 0 Å². The summed E-state index contributed by atoms with van der Waals surface area (Å²) < 4.78 is 0. The van der Waals surface area contributed by atoms with Crippen molar-refractivity contribution < 1.29 is 9.90 Å². The molecule has 1 N–H and O–H groups in total. The zero-order valence-electron chi connectivity index (χ0n) is 23.0. The van der Waals surface area contributed by atoms with Crippen LogP contribution in [0.3, 0.4) is 0 Å². The molecule has 1 aliphatic rings. The van der Waals surface area contributed by atoms with E-state index >= 15 is 0 Å². The molecule has 0 radical (unpaired) electrons. The second-order valence-corrected chi connectivity index (χ2v) is 6.48. The number of amides is 1. The first-order valence-electron chi connectivity index (χ1n) is 12.4. The average Bonchev–Trinajstić information content (AvgIpc) is 2.84. The Kier molecular flexibility index (Phi) is 31.3. The highest BCUT2D eigenvalue weighted by atomic mass is 16.3. The molecule has 2 rings (SSSR count). The van der Waals surface area contributed by atoms with Gasteiger partial charge in [0.15, 0.2) is 0 Å². The number of hydrogen-bond acceptors (Lipinski definition) is 2. The molecule has 1 aromatic rings. The van der Waals surface area contributed by atoms with Crippen LogP contribution in [0.4, 0.5) is 0 Å². The molecule has 0 aromatic heterocycles. The molecule has 0 aliphatic carbocycles. The molecule has 1 heterocycles. The minimum Gasteiger partial charge on any atom is -0.390 e. The highest BCUT2D eigenvalue weighted by molar-refractivity contribution is 5.86. The van der Waals surface area contributed by atoms with Crippen LogP contribution in [0.5, 0.6) is 0 Å². The lowest BCUT2D eigenvalue weighted by atomic mass is 9.88. The molecule has 1 aliphatic heterocycles. The molecule has 0 bridgehead atoms. The first-order valence-corrected chi connectivity index (χ1v) is 12.4. The summed E-state index contributed by atoms with van der Waals surface area (Å²) in [5, 5.41) is 9.66. The number of likely N-dealkylation sites (tertiary alicyclic amines) is 1. The number of nitrogens with zero attached hydrogens (tertiary/aromatic N) is 1. The Labute approximate surface area is 200 Å². The number of carbonyl (C=O) groups excluding carboxylic acids is 1. The van der Waals surface area contributed by atoms with Crippen LogP contribution in [0.1, 0.15) is 89.0 Å². The average molecular weight is 448 g/mol. The van der Waals surface area contributed by atoms with E-state index in [0.29, 0.717) is 6.42 Å². The largest absolute Gasteiger partial charge is 0.390 e. The molecule has 1 aromatic carbocycles. The molecule has 3 heteroatoms. The second-order valence-electron chi connectivity index (χ2n) is 6.48. The fourth-order valence-electron chi connectivity index (χ4n) is 2.38. The Morgan fingerprint density at radius 2 is 1.41 bits per heavy atom. The van der Waals surface area contributed by atoms with E-state index in [9.17, 15) is 9.90 Å². The van der Waals surface area contributed by atoms with Crippen LogP contribution in [0.15, 0.2) is 73.0 Å². The quantitative estimate of drug-likeness (QED) is 0.351. The fourth-order valence-corrected chi connectivity index (χ4v) is 2.38. The molecule has 1 atom stereocenters. The van der Waals surface area contributed by atoms with Gasteiger partial charge in [-0.1, -0.05) is 111 Å². The summed E-state index contributed by atoms with van der Waals surface area (Å²) >= 11 is 0. The fraction of sp³-hybridized carbons (Fsp3) is 0.552. The first-order chi connectivity index (χ1) is 15.4. The predicted octanol–water partition coefficient (Wildman–Crippen LogP) is 8.43. The molecule has 1 saturated heterocycles. The van der Waals surface area contributed by atoms with E-state index in [1.165, 1.54) is 0 Å². The van der Waals surface area contributed by atoms with Crippen LogP contribution in [0.2, 0.25) is 0 Å². The van der Waals surface area contributed by atoms with E-state index in [1.54, 1.807) is 24.8 Å². The normalized spacial score (nSPS) is 14.2. The lowest BCUT2D eigenvalue weighted by molar-refractivity contribution is -0.145. The van der Waals surface area contributed by atoms with Crippen molar-refractivity contribution in [3.8, 4) is 0 Å². The molecule has 1 fully saturated rings. The number of hydrogen-bond donors (Lipinski definition) is 1. The van der Waals surface area contributed by atoms with Crippen molar-refractivity contribution in [2.45, 2.75) is 94.6 Å². The van der Waals surface area contributed by atoms with Crippen molar-refractivity contribution >= 4 is 5.91 Å². The summed E-state index contributed by atoms with van der Waals surface area (Å²) in [6, 6.07) is 12.0. The van der Waals surface area contributed by atoms with Crippen molar-refractivity contribution in [2.75, 3.05) is 6.54 Å². The predicted molar refractivity (Wildman–Crippen MR) is 146 cm³/mol. The summed E-state index contributed by atoms with van der Waals surface area (Å²) in [5.41, 5.74) is 0.195. The molecular formula is C29H53NO2. The van der Waals surface area contributed by atoms with Crippen molar-refractivity contribution in [3.05, 3.63) is 73.0 Å². The number of rotatable bonds is 6. The molecule has 0 saturated carbocycles. The van der Waals surface area contributed by atoms with E-state index in [-0.39, 0.29) is 11.8 Å². The molecular weight excluding hydrogens is 394 g/mol. The van der Waals surface area contributed by atoms with Crippen molar-refractivity contribution in [1.82, 2.24) is 4.90 Å². The monoisotopic (exact) mass is 447 g/mol. The Balaban J connectivity index is -0.000000231. The van der Waals surface area contributed by atoms with Crippen LogP contribution < -0.4 is 0 Å². The Hall–Kier alpha value is -2.13. The van der Waals surface area contributed by atoms with E-state index in [4.69, 9.17) is 0 Å². The number of β-lactam (4-membered cyclic amide) rings is 1. The summed E-state index contributed by atoms with van der Waals surface area (Å²) in [6.07, 6.45) is 8.74. The van der Waals surface area contributed by atoms with Crippen molar-refractivity contribution in [1.29, 1.82) is 0 Å². The van der Waals surface area contributed by atoms with Crippen molar-refractivity contribution in [3.63, 3.8) is 0 Å². The SMILES string of the molecule is C=C/C=C(\C=C/C)N1CC(CCC(C)(C)O)C1=O.CC.CC.CC.CC.c1ccccc1. The van der Waals surface area contributed by atoms with Crippen LogP contribution in [-0.2, 0) is 4.79 Å².